The van der Waals surface area contributed by atoms with Crippen molar-refractivity contribution in [2.45, 2.75) is 168 Å². The Morgan fingerprint density at radius 2 is 0.694 bits per heavy atom. The molecule has 0 bridgehead atoms. The van der Waals surface area contributed by atoms with Crippen molar-refractivity contribution in [3.63, 3.8) is 0 Å². The smallest absolute Gasteiger partial charge is 0.198 e. The zero-order valence-electron chi connectivity index (χ0n) is 32.7. The maximum atomic E-state index is 6.82. The van der Waals surface area contributed by atoms with E-state index in [1.54, 1.807) is 0 Å². The molecular formula is C44H74O3Si2. The number of ether oxygens (including phenoxy) is 2. The third kappa shape index (κ3) is 23.1. The summed E-state index contributed by atoms with van der Waals surface area (Å²) in [5.41, 5.74) is 7.02. The molecule has 2 rings (SSSR count). The highest BCUT2D eigenvalue weighted by Gasteiger charge is 2.29. The number of rotatable bonds is 30. The van der Waals surface area contributed by atoms with Gasteiger partial charge in [0.2, 0.25) is 0 Å². The summed E-state index contributed by atoms with van der Waals surface area (Å²) in [7, 11) is -3.98. The van der Waals surface area contributed by atoms with E-state index in [1.165, 1.54) is 127 Å². The van der Waals surface area contributed by atoms with Crippen LogP contribution in [0.3, 0.4) is 0 Å². The van der Waals surface area contributed by atoms with Gasteiger partial charge < -0.3 is 13.6 Å². The molecule has 0 saturated carbocycles. The van der Waals surface area contributed by atoms with Gasteiger partial charge in [-0.15, -0.1) is 0 Å². The molecule has 0 fully saturated rings. The maximum absolute atomic E-state index is 6.82. The van der Waals surface area contributed by atoms with E-state index in [0.29, 0.717) is 0 Å². The second kappa shape index (κ2) is 26.7. The van der Waals surface area contributed by atoms with Crippen molar-refractivity contribution in [1.29, 1.82) is 0 Å². The largest absolute Gasteiger partial charge is 0.494 e. The molecule has 3 nitrogen and oxygen atoms in total. The fourth-order valence-corrected chi connectivity index (χ4v) is 13.4. The molecule has 276 valence electrons. The van der Waals surface area contributed by atoms with E-state index in [4.69, 9.17) is 13.6 Å². The summed E-state index contributed by atoms with van der Waals surface area (Å²) >= 11 is 0. The minimum atomic E-state index is -1.99. The molecule has 0 unspecified atom stereocenters. The van der Waals surface area contributed by atoms with Gasteiger partial charge in [-0.2, -0.15) is 0 Å². The Labute approximate surface area is 305 Å². The topological polar surface area (TPSA) is 27.7 Å². The van der Waals surface area contributed by atoms with Gasteiger partial charge in [0.05, 0.1) is 13.2 Å². The van der Waals surface area contributed by atoms with Crippen LogP contribution in [0, 0.1) is 0 Å². The van der Waals surface area contributed by atoms with Crippen molar-refractivity contribution in [3.05, 3.63) is 71.1 Å². The lowest BCUT2D eigenvalue weighted by atomic mass is 10.1. The average molecular weight is 707 g/mol. The number of hydrogen-bond acceptors (Lipinski definition) is 3. The summed E-state index contributed by atoms with van der Waals surface area (Å²) in [6.07, 6.45) is 31.4. The van der Waals surface area contributed by atoms with E-state index in [9.17, 15) is 0 Å². The van der Waals surface area contributed by atoms with E-state index in [2.05, 4.69) is 112 Å². The van der Waals surface area contributed by atoms with Crippen LogP contribution in [0.1, 0.15) is 153 Å². The Morgan fingerprint density at radius 3 is 1.00 bits per heavy atom. The quantitative estimate of drug-likeness (QED) is 0.0598. The first-order valence-electron chi connectivity index (χ1n) is 20.3. The number of hydrogen-bond donors (Lipinski definition) is 0. The molecule has 49 heavy (non-hydrogen) atoms. The molecule has 5 heteroatoms. The second-order valence-corrected chi connectivity index (χ2v) is 23.1. The molecule has 0 atom stereocenters. The summed E-state index contributed by atoms with van der Waals surface area (Å²) < 4.78 is 18.8. The highest BCUT2D eigenvalue weighted by atomic mass is 28.4. The molecule has 0 N–H and O–H groups in total. The van der Waals surface area contributed by atoms with Gasteiger partial charge >= 0.3 is 0 Å². The van der Waals surface area contributed by atoms with Gasteiger partial charge in [-0.25, -0.2) is 0 Å². The summed E-state index contributed by atoms with van der Waals surface area (Å²) in [6.45, 7) is 15.3. The molecule has 0 heterocycles. The first-order chi connectivity index (χ1) is 23.7. The molecule has 0 aromatic heterocycles. The summed E-state index contributed by atoms with van der Waals surface area (Å²) in [6, 6.07) is 17.0. The third-order valence-electron chi connectivity index (χ3n) is 9.17. The zero-order chi connectivity index (χ0) is 35.5. The van der Waals surface area contributed by atoms with Gasteiger partial charge in [0.15, 0.2) is 16.6 Å². The number of benzene rings is 2. The SMILES string of the molecule is CCCCCCCCCCCCOc1ccc(/C=C/[Si](C)(C)O[Si](C)(C)/C=C/c2ccc(OCCCCCCCCCCCC)cc2)cc1. The molecule has 0 aliphatic carbocycles. The molecule has 0 saturated heterocycles. The zero-order valence-corrected chi connectivity index (χ0v) is 34.7. The van der Waals surface area contributed by atoms with E-state index in [-0.39, 0.29) is 0 Å². The van der Waals surface area contributed by atoms with Crippen LogP contribution in [0.2, 0.25) is 26.2 Å². The number of unbranched alkanes of at least 4 members (excludes halogenated alkanes) is 18. The summed E-state index contributed by atoms with van der Waals surface area (Å²) in [5.74, 6) is 1.93. The second-order valence-electron chi connectivity index (χ2n) is 15.2. The van der Waals surface area contributed by atoms with Crippen LogP contribution in [0.15, 0.2) is 59.9 Å². The predicted molar refractivity (Wildman–Crippen MR) is 222 cm³/mol. The maximum Gasteiger partial charge on any atom is 0.198 e. The van der Waals surface area contributed by atoms with Gasteiger partial charge in [-0.05, 0) is 74.4 Å². The van der Waals surface area contributed by atoms with Crippen LogP contribution in [0.4, 0.5) is 0 Å². The van der Waals surface area contributed by atoms with Crippen molar-refractivity contribution in [2.75, 3.05) is 13.2 Å². The average Bonchev–Trinajstić information content (AvgIpc) is 3.08. The standard InChI is InChI=1S/C44H74O3Si2/c1-7-9-11-13-15-17-19-21-23-25-37-45-43-31-27-41(28-32-43)35-39-48(3,4)47-49(5,6)40-36-42-29-33-44(34-30-42)46-38-26-24-22-20-18-16-14-12-10-8-2/h27-36,39-40H,7-26,37-38H2,1-6H3/b39-35+,40-36+. The van der Waals surface area contributed by atoms with Crippen molar-refractivity contribution in [3.8, 4) is 11.5 Å². The fraction of sp³-hybridized carbons (Fsp3) is 0.636. The minimum Gasteiger partial charge on any atom is -0.494 e. The molecule has 0 aliphatic rings. The molecule has 0 amide bonds. The van der Waals surface area contributed by atoms with Crippen molar-refractivity contribution in [1.82, 2.24) is 0 Å². The first-order valence-corrected chi connectivity index (χ1v) is 26.2. The van der Waals surface area contributed by atoms with Gasteiger partial charge in [0, 0.05) is 0 Å². The van der Waals surface area contributed by atoms with Gasteiger partial charge in [0.1, 0.15) is 11.5 Å². The van der Waals surface area contributed by atoms with Gasteiger partial charge in [-0.1, -0.05) is 177 Å². The molecule has 2 aromatic rings. The molecule has 2 aromatic carbocycles. The first kappa shape index (κ1) is 43.1. The van der Waals surface area contributed by atoms with E-state index < -0.39 is 16.6 Å². The lowest BCUT2D eigenvalue weighted by Crippen LogP contribution is -2.42. The summed E-state index contributed by atoms with van der Waals surface area (Å²) in [4.78, 5) is 0. The lowest BCUT2D eigenvalue weighted by molar-refractivity contribution is 0.304. The minimum absolute atomic E-state index is 0.810. The van der Waals surface area contributed by atoms with Crippen LogP contribution in [0.25, 0.3) is 12.2 Å². The Morgan fingerprint density at radius 1 is 0.408 bits per heavy atom. The van der Waals surface area contributed by atoms with Crippen molar-refractivity contribution < 1.29 is 13.6 Å². The fourth-order valence-electron chi connectivity index (χ4n) is 6.25. The molecule has 0 spiro atoms. The van der Waals surface area contributed by atoms with E-state index in [1.807, 2.05) is 0 Å². The lowest BCUT2D eigenvalue weighted by Gasteiger charge is -2.29. The Bertz CT molecular complexity index is 1030. The molecule has 0 radical (unpaired) electrons. The Balaban J connectivity index is 1.63. The highest BCUT2D eigenvalue weighted by Crippen LogP contribution is 2.22. The van der Waals surface area contributed by atoms with E-state index in [0.717, 1.165) is 37.6 Å². The van der Waals surface area contributed by atoms with Crippen molar-refractivity contribution in [2.24, 2.45) is 0 Å². The highest BCUT2D eigenvalue weighted by molar-refractivity contribution is 6.90. The van der Waals surface area contributed by atoms with Crippen molar-refractivity contribution >= 4 is 28.8 Å². The molecular weight excluding hydrogens is 633 g/mol. The Kier molecular flexibility index (Phi) is 23.5. The van der Waals surface area contributed by atoms with Gasteiger partial charge in [-0.3, -0.25) is 0 Å². The molecule has 0 aliphatic heterocycles. The van der Waals surface area contributed by atoms with Crippen LogP contribution in [0.5, 0.6) is 11.5 Å². The summed E-state index contributed by atoms with van der Waals surface area (Å²) in [5, 5.41) is 0. The van der Waals surface area contributed by atoms with Crippen LogP contribution >= 0.6 is 0 Å². The van der Waals surface area contributed by atoms with Crippen LogP contribution in [-0.4, -0.2) is 29.8 Å². The monoisotopic (exact) mass is 707 g/mol. The van der Waals surface area contributed by atoms with Crippen LogP contribution in [-0.2, 0) is 4.12 Å². The normalized spacial score (nSPS) is 12.4. The third-order valence-corrected chi connectivity index (χ3v) is 15.3. The van der Waals surface area contributed by atoms with E-state index >= 15 is 0 Å². The van der Waals surface area contributed by atoms with Gasteiger partial charge in [0.25, 0.3) is 0 Å². The Hall–Kier alpha value is -2.09. The van der Waals surface area contributed by atoms with Crippen LogP contribution < -0.4 is 9.47 Å². The predicted octanol–water partition coefficient (Wildman–Crippen LogP) is 14.5.